The molecule has 2 aromatic rings. The number of anilines is 1. The number of hydrogen-bond acceptors (Lipinski definition) is 3. The van der Waals surface area contributed by atoms with Gasteiger partial charge in [-0.3, -0.25) is 4.98 Å². The molecule has 0 atom stereocenters. The van der Waals surface area contributed by atoms with Crippen molar-refractivity contribution in [1.82, 2.24) is 4.98 Å². The molecule has 88 valence electrons. The summed E-state index contributed by atoms with van der Waals surface area (Å²) in [7, 11) is 1.67. The van der Waals surface area contributed by atoms with Crippen molar-refractivity contribution in [2.75, 3.05) is 12.4 Å². The van der Waals surface area contributed by atoms with Crippen LogP contribution in [-0.4, -0.2) is 12.1 Å². The Morgan fingerprint density at radius 1 is 1.18 bits per heavy atom. The van der Waals surface area contributed by atoms with Gasteiger partial charge in [-0.2, -0.15) is 0 Å². The number of methoxy groups -OCH3 is 1. The molecule has 0 spiro atoms. The van der Waals surface area contributed by atoms with Gasteiger partial charge in [0.25, 0.3) is 0 Å². The predicted octanol–water partition coefficient (Wildman–Crippen LogP) is 3.01. The highest BCUT2D eigenvalue weighted by Gasteiger charge is 1.96. The molecule has 1 N–H and O–H groups in total. The molecular formula is C14H16N2O. The van der Waals surface area contributed by atoms with Crippen LogP contribution in [0, 0.1) is 6.92 Å². The Morgan fingerprint density at radius 3 is 2.59 bits per heavy atom. The second kappa shape index (κ2) is 5.34. The van der Waals surface area contributed by atoms with E-state index in [9.17, 15) is 0 Å². The van der Waals surface area contributed by atoms with Gasteiger partial charge in [-0.25, -0.2) is 0 Å². The zero-order valence-electron chi connectivity index (χ0n) is 10.1. The Morgan fingerprint density at radius 2 is 1.94 bits per heavy atom. The average Bonchev–Trinajstić information content (AvgIpc) is 2.37. The summed E-state index contributed by atoms with van der Waals surface area (Å²) in [5.74, 6) is 0.883. The molecule has 0 bridgehead atoms. The number of ether oxygens (including phenoxy) is 1. The van der Waals surface area contributed by atoms with Crippen LogP contribution in [0.4, 0.5) is 5.69 Å². The van der Waals surface area contributed by atoms with Crippen LogP contribution >= 0.6 is 0 Å². The van der Waals surface area contributed by atoms with Gasteiger partial charge in [0.05, 0.1) is 7.11 Å². The first kappa shape index (κ1) is 11.5. The Labute approximate surface area is 101 Å². The molecule has 0 radical (unpaired) electrons. The number of aryl methyl sites for hydroxylation is 1. The lowest BCUT2D eigenvalue weighted by molar-refractivity contribution is 0.414. The van der Waals surface area contributed by atoms with Gasteiger partial charge in [0.1, 0.15) is 5.75 Å². The van der Waals surface area contributed by atoms with Crippen molar-refractivity contribution in [3.05, 3.63) is 53.9 Å². The highest BCUT2D eigenvalue weighted by atomic mass is 16.5. The van der Waals surface area contributed by atoms with Gasteiger partial charge in [-0.05, 0) is 36.8 Å². The van der Waals surface area contributed by atoms with E-state index in [1.54, 1.807) is 7.11 Å². The quantitative estimate of drug-likeness (QED) is 0.873. The van der Waals surface area contributed by atoms with Crippen LogP contribution in [0.25, 0.3) is 0 Å². The van der Waals surface area contributed by atoms with Gasteiger partial charge in [-0.15, -0.1) is 0 Å². The molecule has 1 heterocycles. The van der Waals surface area contributed by atoms with Crippen LogP contribution in [0.5, 0.6) is 5.75 Å². The van der Waals surface area contributed by atoms with Crippen LogP contribution < -0.4 is 10.1 Å². The monoisotopic (exact) mass is 228 g/mol. The molecule has 3 nitrogen and oxygen atoms in total. The second-order valence-electron chi connectivity index (χ2n) is 3.89. The van der Waals surface area contributed by atoms with E-state index >= 15 is 0 Å². The van der Waals surface area contributed by atoms with Crippen LogP contribution in [0.15, 0.2) is 42.6 Å². The van der Waals surface area contributed by atoms with Crippen LogP contribution in [-0.2, 0) is 6.54 Å². The summed E-state index contributed by atoms with van der Waals surface area (Å²) in [4.78, 5) is 4.16. The SMILES string of the molecule is COc1ccc(CNc2ccnc(C)c2)cc1. The molecule has 1 aromatic carbocycles. The van der Waals surface area contributed by atoms with Crippen LogP contribution in [0.1, 0.15) is 11.3 Å². The minimum absolute atomic E-state index is 0.799. The van der Waals surface area contributed by atoms with E-state index in [-0.39, 0.29) is 0 Å². The average molecular weight is 228 g/mol. The first-order valence-electron chi connectivity index (χ1n) is 5.57. The Kier molecular flexibility index (Phi) is 3.60. The zero-order chi connectivity index (χ0) is 12.1. The van der Waals surface area contributed by atoms with E-state index in [1.807, 2.05) is 37.4 Å². The summed E-state index contributed by atoms with van der Waals surface area (Å²) < 4.78 is 5.12. The van der Waals surface area contributed by atoms with E-state index in [4.69, 9.17) is 4.74 Å². The first-order chi connectivity index (χ1) is 8.28. The summed E-state index contributed by atoms with van der Waals surface area (Å²) in [6.07, 6.45) is 1.81. The van der Waals surface area contributed by atoms with Gasteiger partial charge >= 0.3 is 0 Å². The fourth-order valence-corrected chi connectivity index (χ4v) is 1.60. The molecule has 0 fully saturated rings. The van der Waals surface area contributed by atoms with Crippen molar-refractivity contribution < 1.29 is 4.74 Å². The van der Waals surface area contributed by atoms with E-state index < -0.39 is 0 Å². The normalized spacial score (nSPS) is 10.0. The van der Waals surface area contributed by atoms with Crippen molar-refractivity contribution in [1.29, 1.82) is 0 Å². The smallest absolute Gasteiger partial charge is 0.118 e. The van der Waals surface area contributed by atoms with E-state index in [2.05, 4.69) is 22.4 Å². The van der Waals surface area contributed by atoms with Gasteiger partial charge < -0.3 is 10.1 Å². The number of aromatic nitrogens is 1. The lowest BCUT2D eigenvalue weighted by Crippen LogP contribution is -1.99. The largest absolute Gasteiger partial charge is 0.497 e. The molecule has 0 aliphatic carbocycles. The third kappa shape index (κ3) is 3.21. The van der Waals surface area contributed by atoms with Crippen molar-refractivity contribution >= 4 is 5.69 Å². The Hall–Kier alpha value is -2.03. The van der Waals surface area contributed by atoms with Crippen LogP contribution in [0.3, 0.4) is 0 Å². The molecule has 0 saturated heterocycles. The van der Waals surface area contributed by atoms with E-state index in [0.29, 0.717) is 0 Å². The molecule has 0 amide bonds. The van der Waals surface area contributed by atoms with Gasteiger partial charge in [0.15, 0.2) is 0 Å². The maximum Gasteiger partial charge on any atom is 0.118 e. The van der Waals surface area contributed by atoms with Crippen molar-refractivity contribution in [2.24, 2.45) is 0 Å². The minimum Gasteiger partial charge on any atom is -0.497 e. The molecule has 2 rings (SSSR count). The lowest BCUT2D eigenvalue weighted by Gasteiger charge is -2.07. The number of pyridine rings is 1. The highest BCUT2D eigenvalue weighted by molar-refractivity contribution is 5.43. The first-order valence-corrected chi connectivity index (χ1v) is 5.57. The number of rotatable bonds is 4. The Bertz CT molecular complexity index is 480. The van der Waals surface area contributed by atoms with Crippen molar-refractivity contribution in [2.45, 2.75) is 13.5 Å². The molecule has 1 aromatic heterocycles. The third-order valence-electron chi connectivity index (χ3n) is 2.55. The van der Waals surface area contributed by atoms with Gasteiger partial charge in [-0.1, -0.05) is 12.1 Å². The van der Waals surface area contributed by atoms with E-state index in [1.165, 1.54) is 5.56 Å². The summed E-state index contributed by atoms with van der Waals surface area (Å²) >= 11 is 0. The van der Waals surface area contributed by atoms with Gasteiger partial charge in [0, 0.05) is 24.1 Å². The Balaban J connectivity index is 1.97. The lowest BCUT2D eigenvalue weighted by atomic mass is 10.2. The maximum atomic E-state index is 5.12. The molecule has 0 aliphatic heterocycles. The predicted molar refractivity (Wildman–Crippen MR) is 69.3 cm³/mol. The standard InChI is InChI=1S/C14H16N2O/c1-11-9-13(7-8-15-11)16-10-12-3-5-14(17-2)6-4-12/h3-9H,10H2,1-2H3,(H,15,16). The number of nitrogens with one attached hydrogen (secondary N) is 1. The fourth-order valence-electron chi connectivity index (χ4n) is 1.60. The summed E-state index contributed by atoms with van der Waals surface area (Å²) in [5, 5.41) is 3.36. The van der Waals surface area contributed by atoms with Gasteiger partial charge in [0.2, 0.25) is 0 Å². The molecule has 3 heteroatoms. The topological polar surface area (TPSA) is 34.1 Å². The summed E-state index contributed by atoms with van der Waals surface area (Å²) in [6.45, 7) is 2.78. The van der Waals surface area contributed by atoms with Crippen LogP contribution in [0.2, 0.25) is 0 Å². The maximum absolute atomic E-state index is 5.12. The van der Waals surface area contributed by atoms with E-state index in [0.717, 1.165) is 23.7 Å². The highest BCUT2D eigenvalue weighted by Crippen LogP contribution is 2.13. The second-order valence-corrected chi connectivity index (χ2v) is 3.89. The minimum atomic E-state index is 0.799. The fraction of sp³-hybridized carbons (Fsp3) is 0.214. The molecular weight excluding hydrogens is 212 g/mol. The van der Waals surface area contributed by atoms with Crippen molar-refractivity contribution in [3.63, 3.8) is 0 Å². The number of benzene rings is 1. The number of hydrogen-bond donors (Lipinski definition) is 1. The zero-order valence-corrected chi connectivity index (χ0v) is 10.1. The molecule has 17 heavy (non-hydrogen) atoms. The molecule has 0 saturated carbocycles. The third-order valence-corrected chi connectivity index (χ3v) is 2.55. The number of nitrogens with zero attached hydrogens (tertiary/aromatic N) is 1. The summed E-state index contributed by atoms with van der Waals surface area (Å²) in [5.41, 5.74) is 3.33. The van der Waals surface area contributed by atoms with Crippen molar-refractivity contribution in [3.8, 4) is 5.75 Å². The molecule has 0 aliphatic rings. The summed E-state index contributed by atoms with van der Waals surface area (Å²) in [6, 6.07) is 12.0. The molecule has 0 unspecified atom stereocenters.